The Morgan fingerprint density at radius 1 is 0.741 bits per heavy atom. The molecule has 0 amide bonds. The summed E-state index contributed by atoms with van der Waals surface area (Å²) in [6, 6.07) is 5.07. The number of carbonyl (C=O) groups is 1. The Hall–Kier alpha value is -2.07. The van der Waals surface area contributed by atoms with Gasteiger partial charge in [0.1, 0.15) is 0 Å². The minimum Gasteiger partial charge on any atom is -0.546 e. The normalized spacial score (nSPS) is 12.2. The molecule has 0 unspecified atom stereocenters. The van der Waals surface area contributed by atoms with Crippen LogP contribution in [0, 0.1) is 0 Å². The minimum atomic E-state index is -4.67. The molecule has 0 saturated carbocycles. The van der Waals surface area contributed by atoms with E-state index in [1.165, 1.54) is 0 Å². The number of halogens is 7. The van der Waals surface area contributed by atoms with Crippen molar-refractivity contribution in [1.29, 1.82) is 0 Å². The molecule has 3 nitrogen and oxygen atoms in total. The number of rotatable bonds is 3. The zero-order valence-electron chi connectivity index (χ0n) is 13.5. The van der Waals surface area contributed by atoms with Crippen molar-refractivity contribution in [2.75, 3.05) is 5.83 Å². The lowest BCUT2D eigenvalue weighted by molar-refractivity contribution is -0.322. The molecular weight excluding hydrogens is 446 g/mol. The van der Waals surface area contributed by atoms with Crippen LogP contribution in [0.4, 0.5) is 26.3 Å². The Balaban J connectivity index is 0.00000176. The number of benzene rings is 2. The molecule has 0 atom stereocenters. The Kier molecular flexibility index (Phi) is 7.06. The summed E-state index contributed by atoms with van der Waals surface area (Å²) in [5.74, 6) is -0.278. The molecule has 0 aliphatic heterocycles. The smallest absolute Gasteiger partial charge is 0.416 e. The average Bonchev–Trinajstić information content (AvgIpc) is 2.61. The molecule has 1 N–H and O–H groups in total. The Labute approximate surface area is 158 Å². The highest BCUT2D eigenvalue weighted by Crippen LogP contribution is 2.35. The van der Waals surface area contributed by atoms with Gasteiger partial charge >= 0.3 is 12.4 Å². The van der Waals surface area contributed by atoms with Crippen LogP contribution in [-0.4, -0.2) is 16.9 Å². The van der Waals surface area contributed by atoms with Gasteiger partial charge in [-0.1, -0.05) is 40.2 Å². The van der Waals surface area contributed by atoms with Crippen LogP contribution < -0.4 is 5.11 Å². The van der Waals surface area contributed by atoms with Crippen LogP contribution in [0.15, 0.2) is 48.5 Å². The van der Waals surface area contributed by atoms with E-state index >= 15 is 0 Å². The summed E-state index contributed by atoms with van der Waals surface area (Å²) in [7, 11) is 0. The maximum Gasteiger partial charge on any atom is 0.416 e. The number of carbonyl (C=O) groups excluding carboxylic acids is 1. The molecule has 0 heterocycles. The van der Waals surface area contributed by atoms with E-state index in [-0.39, 0.29) is 0 Å². The predicted molar refractivity (Wildman–Crippen MR) is 85.7 cm³/mol. The van der Waals surface area contributed by atoms with E-state index < -0.39 is 46.2 Å². The third-order valence-corrected chi connectivity index (χ3v) is 3.56. The summed E-state index contributed by atoms with van der Waals surface area (Å²) < 4.78 is 75.3. The van der Waals surface area contributed by atoms with Gasteiger partial charge in [-0.2, -0.15) is 26.3 Å². The SMILES string of the molecule is CBr.O=C([O-])C(O)(c1ccc(C(F)(F)F)cc1)c1ccc(C(F)(F)F)cc1. The summed E-state index contributed by atoms with van der Waals surface area (Å²) in [6.45, 7) is 0. The van der Waals surface area contributed by atoms with E-state index in [9.17, 15) is 41.4 Å². The summed E-state index contributed by atoms with van der Waals surface area (Å²) in [5.41, 5.74) is -6.04. The van der Waals surface area contributed by atoms with Gasteiger partial charge in [-0.25, -0.2) is 0 Å². The first kappa shape index (κ1) is 23.0. The zero-order valence-corrected chi connectivity index (χ0v) is 15.1. The number of hydrogen-bond acceptors (Lipinski definition) is 3. The van der Waals surface area contributed by atoms with E-state index in [0.29, 0.717) is 24.3 Å². The molecule has 0 aliphatic carbocycles. The van der Waals surface area contributed by atoms with Gasteiger partial charge in [0.2, 0.25) is 0 Å². The van der Waals surface area contributed by atoms with Gasteiger partial charge in [-0.3, -0.25) is 0 Å². The fraction of sp³-hybridized carbons (Fsp3) is 0.235. The molecule has 0 aromatic heterocycles. The molecule has 0 fully saturated rings. The fourth-order valence-corrected chi connectivity index (χ4v) is 2.20. The van der Waals surface area contributed by atoms with Crippen LogP contribution in [0.25, 0.3) is 0 Å². The number of aliphatic hydroxyl groups is 1. The van der Waals surface area contributed by atoms with E-state index in [0.717, 1.165) is 24.3 Å². The summed E-state index contributed by atoms with van der Waals surface area (Å²) in [4.78, 5) is 11.4. The van der Waals surface area contributed by atoms with Crippen LogP contribution in [0.1, 0.15) is 22.3 Å². The van der Waals surface area contributed by atoms with Gasteiger partial charge in [0.15, 0.2) is 5.60 Å². The molecule has 10 heteroatoms. The first-order chi connectivity index (χ1) is 12.4. The second-order valence-corrected chi connectivity index (χ2v) is 5.15. The van der Waals surface area contributed by atoms with Crippen molar-refractivity contribution in [3.8, 4) is 0 Å². The van der Waals surface area contributed by atoms with Crippen molar-refractivity contribution in [2.24, 2.45) is 0 Å². The Bertz CT molecular complexity index is 710. The van der Waals surface area contributed by atoms with Gasteiger partial charge in [-0.05, 0) is 41.2 Å². The van der Waals surface area contributed by atoms with Crippen molar-refractivity contribution in [3.05, 3.63) is 70.8 Å². The third-order valence-electron chi connectivity index (χ3n) is 3.56. The molecule has 148 valence electrons. The molecule has 2 rings (SSSR count). The average molecular weight is 458 g/mol. The lowest BCUT2D eigenvalue weighted by Gasteiger charge is -2.30. The molecule has 0 radical (unpaired) electrons. The highest BCUT2D eigenvalue weighted by molar-refractivity contribution is 9.08. The Morgan fingerprint density at radius 3 is 1.15 bits per heavy atom. The first-order valence-electron chi connectivity index (χ1n) is 7.04. The second-order valence-electron chi connectivity index (χ2n) is 5.15. The maximum absolute atomic E-state index is 12.6. The molecule has 0 spiro atoms. The number of carboxylic acid groups (broad SMARTS) is 1. The molecular formula is C17H12BrF6O3-. The maximum atomic E-state index is 12.6. The molecule has 0 saturated heterocycles. The lowest BCUT2D eigenvalue weighted by Crippen LogP contribution is -2.46. The summed E-state index contributed by atoms with van der Waals surface area (Å²) in [5, 5.41) is 21.8. The predicted octanol–water partition coefficient (Wildman–Crippen LogP) is 3.72. The van der Waals surface area contributed by atoms with Gasteiger partial charge in [0.25, 0.3) is 0 Å². The quantitative estimate of drug-likeness (QED) is 0.564. The van der Waals surface area contributed by atoms with Crippen LogP contribution in [0.2, 0.25) is 0 Å². The first-order valence-corrected chi connectivity index (χ1v) is 8.62. The summed E-state index contributed by atoms with van der Waals surface area (Å²) in [6.07, 6.45) is -9.35. The van der Waals surface area contributed by atoms with E-state index in [2.05, 4.69) is 15.9 Å². The third kappa shape index (κ3) is 5.01. The summed E-state index contributed by atoms with van der Waals surface area (Å²) >= 11 is 2.94. The van der Waals surface area contributed by atoms with E-state index in [1.54, 1.807) is 0 Å². The molecule has 0 bridgehead atoms. The number of alkyl halides is 7. The highest BCUT2D eigenvalue weighted by atomic mass is 79.9. The van der Waals surface area contributed by atoms with Gasteiger partial charge in [0, 0.05) is 0 Å². The largest absolute Gasteiger partial charge is 0.546 e. The second kappa shape index (κ2) is 8.30. The van der Waals surface area contributed by atoms with Gasteiger partial charge in [-0.15, -0.1) is 0 Å². The van der Waals surface area contributed by atoms with Crippen molar-refractivity contribution in [1.82, 2.24) is 0 Å². The fourth-order valence-electron chi connectivity index (χ4n) is 2.20. The van der Waals surface area contributed by atoms with Crippen molar-refractivity contribution in [3.63, 3.8) is 0 Å². The van der Waals surface area contributed by atoms with Crippen molar-refractivity contribution < 1.29 is 41.4 Å². The van der Waals surface area contributed by atoms with E-state index in [4.69, 9.17) is 0 Å². The molecule has 0 aliphatic rings. The Morgan fingerprint density at radius 2 is 0.963 bits per heavy atom. The molecule has 27 heavy (non-hydrogen) atoms. The lowest BCUT2D eigenvalue weighted by atomic mass is 9.85. The van der Waals surface area contributed by atoms with Crippen LogP contribution in [0.3, 0.4) is 0 Å². The van der Waals surface area contributed by atoms with Crippen molar-refractivity contribution >= 4 is 21.9 Å². The molecule has 2 aromatic rings. The standard InChI is InChI=1S/C16H10F6O3.CH3Br/c17-15(18,19)11-5-1-9(2-6-11)14(25,13(23)24)10-3-7-12(8-4-10)16(20,21)22;1-2/h1-8,25H,(H,23,24);1H3/p-1. The minimum absolute atomic E-state index is 0.486. The van der Waals surface area contributed by atoms with Crippen LogP contribution in [0.5, 0.6) is 0 Å². The number of hydrogen-bond donors (Lipinski definition) is 1. The van der Waals surface area contributed by atoms with Gasteiger partial charge in [0.05, 0.1) is 17.1 Å². The van der Waals surface area contributed by atoms with Crippen LogP contribution >= 0.6 is 15.9 Å². The van der Waals surface area contributed by atoms with Crippen molar-refractivity contribution in [2.45, 2.75) is 18.0 Å². The zero-order chi connectivity index (χ0) is 21.0. The topological polar surface area (TPSA) is 60.4 Å². The monoisotopic (exact) mass is 457 g/mol. The van der Waals surface area contributed by atoms with Gasteiger partial charge < -0.3 is 15.0 Å². The van der Waals surface area contributed by atoms with E-state index in [1.807, 2.05) is 5.83 Å². The molecule has 2 aromatic carbocycles. The highest BCUT2D eigenvalue weighted by Gasteiger charge is 2.37. The van der Waals surface area contributed by atoms with Crippen LogP contribution in [-0.2, 0) is 22.7 Å². The number of aliphatic carboxylic acids is 1. The number of carboxylic acids is 1.